The molecule has 0 saturated heterocycles. The number of nitrogens with zero attached hydrogens (tertiary/aromatic N) is 1. The van der Waals surface area contributed by atoms with Crippen LogP contribution in [0.1, 0.15) is 46.2 Å². The number of rotatable bonds is 6. The largest absolute Gasteiger partial charge is 0.497 e. The average Bonchev–Trinajstić information content (AvgIpc) is 2.74. The highest BCUT2D eigenvalue weighted by Crippen LogP contribution is 2.19. The van der Waals surface area contributed by atoms with E-state index in [0.29, 0.717) is 28.6 Å². The Morgan fingerprint density at radius 1 is 0.897 bits per heavy atom. The maximum atomic E-state index is 12.5. The van der Waals surface area contributed by atoms with Crippen molar-refractivity contribution in [3.8, 4) is 5.75 Å². The molecule has 0 radical (unpaired) electrons. The highest BCUT2D eigenvalue weighted by Gasteiger charge is 2.13. The lowest BCUT2D eigenvalue weighted by molar-refractivity contribution is 0.102. The van der Waals surface area contributed by atoms with Gasteiger partial charge < -0.3 is 15.4 Å². The van der Waals surface area contributed by atoms with Gasteiger partial charge in [-0.05, 0) is 47.9 Å². The second-order valence-electron chi connectivity index (χ2n) is 6.85. The highest BCUT2D eigenvalue weighted by atomic mass is 16.5. The number of amides is 2. The third kappa shape index (κ3) is 5.19. The Hall–Kier alpha value is -3.67. The van der Waals surface area contributed by atoms with Crippen LogP contribution >= 0.6 is 0 Å². The van der Waals surface area contributed by atoms with Gasteiger partial charge in [-0.1, -0.05) is 32.0 Å². The Labute approximate surface area is 169 Å². The predicted octanol–water partition coefficient (Wildman–Crippen LogP) is 4.72. The standard InChI is InChI=1S/C23H23N3O3/c1-15(2)16-7-9-18(10-8-16)25-23(28)21-13-17(11-12-24-21)22(27)26-19-5-4-6-20(14-19)29-3/h4-15H,1-3H3,(H,25,28)(H,26,27). The molecule has 0 saturated carbocycles. The molecule has 0 unspecified atom stereocenters. The summed E-state index contributed by atoms with van der Waals surface area (Å²) in [5.41, 5.74) is 2.96. The van der Waals surface area contributed by atoms with Gasteiger partial charge >= 0.3 is 0 Å². The minimum Gasteiger partial charge on any atom is -0.497 e. The number of carbonyl (C=O) groups is 2. The van der Waals surface area contributed by atoms with Crippen LogP contribution in [-0.4, -0.2) is 23.9 Å². The van der Waals surface area contributed by atoms with E-state index in [2.05, 4.69) is 29.5 Å². The van der Waals surface area contributed by atoms with Gasteiger partial charge in [-0.25, -0.2) is 0 Å². The molecule has 2 aromatic carbocycles. The van der Waals surface area contributed by atoms with Crippen molar-refractivity contribution in [2.24, 2.45) is 0 Å². The molecule has 6 nitrogen and oxygen atoms in total. The number of anilines is 2. The summed E-state index contributed by atoms with van der Waals surface area (Å²) in [6.45, 7) is 4.22. The molecule has 1 heterocycles. The third-order valence-electron chi connectivity index (χ3n) is 4.42. The van der Waals surface area contributed by atoms with Crippen molar-refractivity contribution >= 4 is 23.2 Å². The molecule has 3 rings (SSSR count). The number of nitrogens with one attached hydrogen (secondary N) is 2. The lowest BCUT2D eigenvalue weighted by Crippen LogP contribution is -2.17. The second kappa shape index (κ2) is 9.01. The maximum Gasteiger partial charge on any atom is 0.274 e. The molecule has 0 bridgehead atoms. The number of pyridine rings is 1. The van der Waals surface area contributed by atoms with E-state index in [1.54, 1.807) is 37.4 Å². The van der Waals surface area contributed by atoms with Crippen LogP contribution in [0.25, 0.3) is 0 Å². The lowest BCUT2D eigenvalue weighted by Gasteiger charge is -2.09. The van der Waals surface area contributed by atoms with Gasteiger partial charge in [-0.2, -0.15) is 0 Å². The Morgan fingerprint density at radius 2 is 1.62 bits per heavy atom. The van der Waals surface area contributed by atoms with E-state index in [9.17, 15) is 9.59 Å². The molecular weight excluding hydrogens is 366 g/mol. The number of aromatic nitrogens is 1. The maximum absolute atomic E-state index is 12.5. The van der Waals surface area contributed by atoms with Gasteiger partial charge in [0.1, 0.15) is 11.4 Å². The van der Waals surface area contributed by atoms with Gasteiger partial charge in [0.15, 0.2) is 0 Å². The first kappa shape index (κ1) is 20.1. The molecule has 1 aromatic heterocycles. The van der Waals surface area contributed by atoms with Crippen LogP contribution in [0.4, 0.5) is 11.4 Å². The minimum absolute atomic E-state index is 0.163. The van der Waals surface area contributed by atoms with Gasteiger partial charge in [0.2, 0.25) is 0 Å². The van der Waals surface area contributed by atoms with E-state index >= 15 is 0 Å². The Bertz CT molecular complexity index is 1010. The summed E-state index contributed by atoms with van der Waals surface area (Å²) in [4.78, 5) is 29.2. The van der Waals surface area contributed by atoms with Crippen molar-refractivity contribution in [1.82, 2.24) is 4.98 Å². The normalized spacial score (nSPS) is 10.5. The number of carbonyl (C=O) groups excluding carboxylic acids is 2. The van der Waals surface area contributed by atoms with Crippen molar-refractivity contribution in [2.45, 2.75) is 19.8 Å². The van der Waals surface area contributed by atoms with Crippen molar-refractivity contribution in [1.29, 1.82) is 0 Å². The van der Waals surface area contributed by atoms with Gasteiger partial charge in [0, 0.05) is 29.2 Å². The van der Waals surface area contributed by atoms with E-state index in [1.165, 1.54) is 17.8 Å². The first-order valence-corrected chi connectivity index (χ1v) is 9.29. The summed E-state index contributed by atoms with van der Waals surface area (Å²) in [6.07, 6.45) is 1.44. The fourth-order valence-corrected chi connectivity index (χ4v) is 2.75. The molecular formula is C23H23N3O3. The Balaban J connectivity index is 1.70. The van der Waals surface area contributed by atoms with Crippen LogP contribution in [-0.2, 0) is 0 Å². The smallest absolute Gasteiger partial charge is 0.274 e. The molecule has 0 spiro atoms. The number of ether oxygens (including phenoxy) is 1. The van der Waals surface area contributed by atoms with Crippen LogP contribution in [0.15, 0.2) is 66.9 Å². The molecule has 2 amide bonds. The van der Waals surface area contributed by atoms with E-state index < -0.39 is 0 Å². The first-order chi connectivity index (χ1) is 14.0. The summed E-state index contributed by atoms with van der Waals surface area (Å²) in [5, 5.41) is 5.59. The van der Waals surface area contributed by atoms with E-state index in [-0.39, 0.29) is 17.5 Å². The Kier molecular flexibility index (Phi) is 6.24. The van der Waals surface area contributed by atoms with Gasteiger partial charge in [-0.15, -0.1) is 0 Å². The van der Waals surface area contributed by atoms with Crippen LogP contribution in [0.2, 0.25) is 0 Å². The summed E-state index contributed by atoms with van der Waals surface area (Å²) >= 11 is 0. The van der Waals surface area contributed by atoms with Crippen molar-refractivity contribution < 1.29 is 14.3 Å². The van der Waals surface area contributed by atoms with Gasteiger partial charge in [-0.3, -0.25) is 14.6 Å². The molecule has 0 fully saturated rings. The summed E-state index contributed by atoms with van der Waals surface area (Å²) < 4.78 is 5.16. The second-order valence-corrected chi connectivity index (χ2v) is 6.85. The highest BCUT2D eigenvalue weighted by molar-refractivity contribution is 6.07. The van der Waals surface area contributed by atoms with E-state index in [1.807, 2.05) is 24.3 Å². The van der Waals surface area contributed by atoms with Gasteiger partial charge in [0.25, 0.3) is 11.8 Å². The molecule has 148 valence electrons. The molecule has 6 heteroatoms. The molecule has 0 aliphatic rings. The monoisotopic (exact) mass is 389 g/mol. The van der Waals surface area contributed by atoms with Crippen molar-refractivity contribution in [2.75, 3.05) is 17.7 Å². The van der Waals surface area contributed by atoms with Crippen LogP contribution in [0, 0.1) is 0 Å². The summed E-state index contributed by atoms with van der Waals surface area (Å²) in [7, 11) is 1.56. The van der Waals surface area contributed by atoms with Gasteiger partial charge in [0.05, 0.1) is 7.11 Å². The SMILES string of the molecule is COc1cccc(NC(=O)c2ccnc(C(=O)Nc3ccc(C(C)C)cc3)c2)c1. The topological polar surface area (TPSA) is 80.3 Å². The lowest BCUT2D eigenvalue weighted by atomic mass is 10.0. The predicted molar refractivity (Wildman–Crippen MR) is 114 cm³/mol. The van der Waals surface area contributed by atoms with E-state index in [0.717, 1.165) is 0 Å². The van der Waals surface area contributed by atoms with Crippen LogP contribution in [0.5, 0.6) is 5.75 Å². The quantitative estimate of drug-likeness (QED) is 0.639. The zero-order valence-electron chi connectivity index (χ0n) is 16.6. The molecule has 0 atom stereocenters. The zero-order chi connectivity index (χ0) is 20.8. The van der Waals surface area contributed by atoms with Crippen LogP contribution < -0.4 is 15.4 Å². The molecule has 0 aliphatic heterocycles. The number of methoxy groups -OCH3 is 1. The molecule has 2 N–H and O–H groups in total. The third-order valence-corrected chi connectivity index (χ3v) is 4.42. The fourth-order valence-electron chi connectivity index (χ4n) is 2.75. The summed E-state index contributed by atoms with van der Waals surface area (Å²) in [5.74, 6) is 0.344. The average molecular weight is 389 g/mol. The Morgan fingerprint density at radius 3 is 2.31 bits per heavy atom. The summed E-state index contributed by atoms with van der Waals surface area (Å²) in [6, 6.07) is 17.7. The van der Waals surface area contributed by atoms with Crippen molar-refractivity contribution in [3.05, 3.63) is 83.7 Å². The molecule has 0 aliphatic carbocycles. The molecule has 3 aromatic rings. The zero-order valence-corrected chi connectivity index (χ0v) is 16.6. The van der Waals surface area contributed by atoms with Crippen molar-refractivity contribution in [3.63, 3.8) is 0 Å². The number of benzene rings is 2. The number of hydrogen-bond acceptors (Lipinski definition) is 4. The van der Waals surface area contributed by atoms with Crippen LogP contribution in [0.3, 0.4) is 0 Å². The number of hydrogen-bond donors (Lipinski definition) is 2. The fraction of sp³-hybridized carbons (Fsp3) is 0.174. The van der Waals surface area contributed by atoms with E-state index in [4.69, 9.17) is 4.74 Å². The minimum atomic E-state index is -0.377. The molecule has 29 heavy (non-hydrogen) atoms. The first-order valence-electron chi connectivity index (χ1n) is 9.29.